The van der Waals surface area contributed by atoms with Crippen molar-refractivity contribution in [3.8, 4) is 0 Å². The molecule has 2 aromatic carbocycles. The monoisotopic (exact) mass is 418 g/mol. The van der Waals surface area contributed by atoms with E-state index in [0.29, 0.717) is 25.9 Å². The van der Waals surface area contributed by atoms with Crippen LogP contribution in [0.4, 0.5) is 4.39 Å². The van der Waals surface area contributed by atoms with E-state index in [0.717, 1.165) is 18.6 Å². The molecule has 1 N–H and O–H groups in total. The number of amides is 1. The number of rotatable bonds is 7. The van der Waals surface area contributed by atoms with Gasteiger partial charge in [0.25, 0.3) is 0 Å². The third kappa shape index (κ3) is 5.22. The van der Waals surface area contributed by atoms with Crippen LogP contribution in [-0.4, -0.2) is 38.3 Å². The molecule has 0 radical (unpaired) electrons. The fraction of sp³-hybridized carbons (Fsp3) is 0.409. The summed E-state index contributed by atoms with van der Waals surface area (Å²) in [5, 5.41) is 3.01. The average Bonchev–Trinajstić information content (AvgIpc) is 2.75. The maximum absolute atomic E-state index is 13.1. The van der Waals surface area contributed by atoms with Gasteiger partial charge < -0.3 is 5.32 Å². The Morgan fingerprint density at radius 2 is 1.86 bits per heavy atom. The molecular formula is C22H27FN2O3S. The van der Waals surface area contributed by atoms with Crippen molar-refractivity contribution in [3.05, 3.63) is 66.0 Å². The van der Waals surface area contributed by atoms with Crippen LogP contribution in [-0.2, 0) is 14.8 Å². The van der Waals surface area contributed by atoms with Crippen molar-refractivity contribution in [1.82, 2.24) is 9.62 Å². The summed E-state index contributed by atoms with van der Waals surface area (Å²) < 4.78 is 40.1. The molecule has 1 aliphatic rings. The third-order valence-corrected chi connectivity index (χ3v) is 7.37. The standard InChI is InChI=1S/C22H27FN2O3S/c1-2-17(18-7-4-3-5-8-18)15-24-22(26)19-9-6-14-25(16-19)29(27,28)21-12-10-20(23)11-13-21/h3-5,7-8,10-13,17,19H,2,6,9,14-16H2,1H3,(H,24,26)/t17-,19+/m0/s1. The molecule has 0 spiro atoms. The first kappa shape index (κ1) is 21.5. The normalized spacial score (nSPS) is 18.9. The lowest BCUT2D eigenvalue weighted by Gasteiger charge is -2.31. The van der Waals surface area contributed by atoms with E-state index in [9.17, 15) is 17.6 Å². The quantitative estimate of drug-likeness (QED) is 0.748. The van der Waals surface area contributed by atoms with E-state index in [1.54, 1.807) is 0 Å². The van der Waals surface area contributed by atoms with Crippen molar-refractivity contribution in [2.24, 2.45) is 5.92 Å². The van der Waals surface area contributed by atoms with Crippen molar-refractivity contribution in [3.63, 3.8) is 0 Å². The van der Waals surface area contributed by atoms with Gasteiger partial charge in [0.2, 0.25) is 15.9 Å². The van der Waals surface area contributed by atoms with Gasteiger partial charge in [0.15, 0.2) is 0 Å². The van der Waals surface area contributed by atoms with Gasteiger partial charge in [-0.25, -0.2) is 12.8 Å². The second-order valence-corrected chi connectivity index (χ2v) is 9.36. The number of piperidine rings is 1. The number of carbonyl (C=O) groups excluding carboxylic acids is 1. The molecule has 0 saturated carbocycles. The zero-order chi connectivity index (χ0) is 20.9. The molecule has 1 fully saturated rings. The fourth-order valence-corrected chi connectivity index (χ4v) is 5.25. The first-order valence-electron chi connectivity index (χ1n) is 10.00. The maximum Gasteiger partial charge on any atom is 0.243 e. The minimum absolute atomic E-state index is 0.0510. The number of carbonyl (C=O) groups is 1. The molecule has 0 unspecified atom stereocenters. The van der Waals surface area contributed by atoms with Crippen molar-refractivity contribution in [2.45, 2.75) is 37.0 Å². The minimum Gasteiger partial charge on any atom is -0.355 e. The summed E-state index contributed by atoms with van der Waals surface area (Å²) in [6, 6.07) is 14.8. The van der Waals surface area contributed by atoms with Gasteiger partial charge in [-0.2, -0.15) is 4.31 Å². The summed E-state index contributed by atoms with van der Waals surface area (Å²) >= 11 is 0. The smallest absolute Gasteiger partial charge is 0.243 e. The highest BCUT2D eigenvalue weighted by atomic mass is 32.2. The number of sulfonamides is 1. The van der Waals surface area contributed by atoms with Crippen LogP contribution >= 0.6 is 0 Å². The lowest BCUT2D eigenvalue weighted by atomic mass is 9.95. The Balaban J connectivity index is 1.62. The number of hydrogen-bond donors (Lipinski definition) is 1. The number of nitrogens with zero attached hydrogens (tertiary/aromatic N) is 1. The Labute approximate surface area is 172 Å². The number of nitrogens with one attached hydrogen (secondary N) is 1. The molecular weight excluding hydrogens is 391 g/mol. The summed E-state index contributed by atoms with van der Waals surface area (Å²) in [7, 11) is -3.74. The Kier molecular flexibility index (Phi) is 7.03. The minimum atomic E-state index is -3.74. The average molecular weight is 419 g/mol. The van der Waals surface area contributed by atoms with Crippen LogP contribution in [0, 0.1) is 11.7 Å². The molecule has 0 bridgehead atoms. The van der Waals surface area contributed by atoms with Crippen molar-refractivity contribution in [1.29, 1.82) is 0 Å². The maximum atomic E-state index is 13.1. The van der Waals surface area contributed by atoms with E-state index in [-0.39, 0.29) is 29.2 Å². The van der Waals surface area contributed by atoms with Gasteiger partial charge in [-0.3, -0.25) is 4.79 Å². The molecule has 1 heterocycles. The zero-order valence-corrected chi connectivity index (χ0v) is 17.4. The summed E-state index contributed by atoms with van der Waals surface area (Å²) in [5.74, 6) is -0.753. The number of hydrogen-bond acceptors (Lipinski definition) is 3. The molecule has 1 amide bonds. The molecule has 0 aromatic heterocycles. The van der Waals surface area contributed by atoms with E-state index in [1.165, 1.54) is 22.0 Å². The van der Waals surface area contributed by atoms with Gasteiger partial charge in [-0.15, -0.1) is 0 Å². The van der Waals surface area contributed by atoms with Crippen LogP contribution in [0.15, 0.2) is 59.5 Å². The Morgan fingerprint density at radius 1 is 1.17 bits per heavy atom. The van der Waals surface area contributed by atoms with Crippen LogP contribution < -0.4 is 5.32 Å². The van der Waals surface area contributed by atoms with Crippen molar-refractivity contribution >= 4 is 15.9 Å². The molecule has 156 valence electrons. The highest BCUT2D eigenvalue weighted by Gasteiger charge is 2.33. The lowest BCUT2D eigenvalue weighted by molar-refractivity contribution is -0.126. The second-order valence-electron chi connectivity index (χ2n) is 7.42. The third-order valence-electron chi connectivity index (χ3n) is 5.49. The van der Waals surface area contributed by atoms with Crippen molar-refractivity contribution in [2.75, 3.05) is 19.6 Å². The molecule has 1 saturated heterocycles. The van der Waals surface area contributed by atoms with E-state index in [1.807, 2.05) is 18.2 Å². The van der Waals surface area contributed by atoms with Crippen LogP contribution in [0.25, 0.3) is 0 Å². The van der Waals surface area contributed by atoms with Gasteiger partial charge in [-0.1, -0.05) is 37.3 Å². The molecule has 7 heteroatoms. The molecule has 3 rings (SSSR count). The molecule has 0 aliphatic carbocycles. The van der Waals surface area contributed by atoms with Crippen LogP contribution in [0.5, 0.6) is 0 Å². The van der Waals surface area contributed by atoms with Crippen LogP contribution in [0.2, 0.25) is 0 Å². The molecule has 2 aromatic rings. The highest BCUT2D eigenvalue weighted by Crippen LogP contribution is 2.25. The molecule has 1 aliphatic heterocycles. The summed E-state index contributed by atoms with van der Waals surface area (Å²) in [5.41, 5.74) is 1.18. The topological polar surface area (TPSA) is 66.5 Å². The van der Waals surface area contributed by atoms with E-state index in [4.69, 9.17) is 0 Å². The molecule has 29 heavy (non-hydrogen) atoms. The number of benzene rings is 2. The van der Waals surface area contributed by atoms with E-state index >= 15 is 0 Å². The number of halogens is 1. The Hall–Kier alpha value is -2.25. The second kappa shape index (κ2) is 9.50. The van der Waals surface area contributed by atoms with E-state index < -0.39 is 15.8 Å². The summed E-state index contributed by atoms with van der Waals surface area (Å²) in [6.45, 7) is 3.13. The van der Waals surface area contributed by atoms with Crippen LogP contribution in [0.1, 0.15) is 37.7 Å². The zero-order valence-electron chi connectivity index (χ0n) is 16.6. The Bertz CT molecular complexity index is 917. The molecule has 2 atom stereocenters. The summed E-state index contributed by atoms with van der Waals surface area (Å²) in [4.78, 5) is 12.8. The first-order valence-corrected chi connectivity index (χ1v) is 11.4. The fourth-order valence-electron chi connectivity index (χ4n) is 3.72. The first-order chi connectivity index (χ1) is 13.9. The predicted octanol–water partition coefficient (Wildman–Crippen LogP) is 3.54. The largest absolute Gasteiger partial charge is 0.355 e. The van der Waals surface area contributed by atoms with Gasteiger partial charge >= 0.3 is 0 Å². The highest BCUT2D eigenvalue weighted by molar-refractivity contribution is 7.89. The SMILES string of the molecule is CC[C@@H](CNC(=O)[C@@H]1CCCN(S(=O)(=O)c2ccc(F)cc2)C1)c1ccccc1. The van der Waals surface area contributed by atoms with Gasteiger partial charge in [0, 0.05) is 25.6 Å². The molecule has 5 nitrogen and oxygen atoms in total. The van der Waals surface area contributed by atoms with Crippen LogP contribution in [0.3, 0.4) is 0 Å². The van der Waals surface area contributed by atoms with Crippen molar-refractivity contribution < 1.29 is 17.6 Å². The Morgan fingerprint density at radius 3 is 2.52 bits per heavy atom. The van der Waals surface area contributed by atoms with Gasteiger partial charge in [0.05, 0.1) is 10.8 Å². The summed E-state index contributed by atoms with van der Waals surface area (Å²) in [6.07, 6.45) is 2.18. The van der Waals surface area contributed by atoms with E-state index in [2.05, 4.69) is 24.4 Å². The van der Waals surface area contributed by atoms with Gasteiger partial charge in [-0.05, 0) is 49.1 Å². The predicted molar refractivity (Wildman–Crippen MR) is 110 cm³/mol. The lowest BCUT2D eigenvalue weighted by Crippen LogP contribution is -2.46. The van der Waals surface area contributed by atoms with Gasteiger partial charge in [0.1, 0.15) is 5.82 Å².